The van der Waals surface area contributed by atoms with Crippen molar-refractivity contribution in [3.05, 3.63) is 41.8 Å². The molecule has 2 aromatic rings. The lowest BCUT2D eigenvalue weighted by molar-refractivity contribution is 0.320. The fourth-order valence-corrected chi connectivity index (χ4v) is 2.91. The van der Waals surface area contributed by atoms with Gasteiger partial charge in [-0.3, -0.25) is 0 Å². The molecule has 1 N–H and O–H groups in total. The molecule has 0 fully saturated rings. The molecule has 6 heteroatoms. The van der Waals surface area contributed by atoms with Gasteiger partial charge >= 0.3 is 0 Å². The van der Waals surface area contributed by atoms with E-state index in [2.05, 4.69) is 29.3 Å². The summed E-state index contributed by atoms with van der Waals surface area (Å²) < 4.78 is 18.9. The standard InChI is InChI=1S/C15H20FN3OS/c1-4-11(10(2)17-3)15-18-14(19-20-15)9-21-13-8-6-5-7-12(13)16/h5-8,10-11,17H,4,9H2,1-3H3. The van der Waals surface area contributed by atoms with Gasteiger partial charge in [0.15, 0.2) is 5.82 Å². The Balaban J connectivity index is 2.01. The number of nitrogens with zero attached hydrogens (tertiary/aromatic N) is 2. The average molecular weight is 309 g/mol. The molecule has 0 aliphatic carbocycles. The Bertz CT molecular complexity index is 576. The molecule has 0 saturated carbocycles. The van der Waals surface area contributed by atoms with Gasteiger partial charge in [0.2, 0.25) is 5.89 Å². The van der Waals surface area contributed by atoms with Crippen molar-refractivity contribution in [1.29, 1.82) is 0 Å². The van der Waals surface area contributed by atoms with E-state index in [4.69, 9.17) is 4.52 Å². The molecule has 1 aromatic carbocycles. The molecular weight excluding hydrogens is 289 g/mol. The summed E-state index contributed by atoms with van der Waals surface area (Å²) in [6.45, 7) is 4.18. The van der Waals surface area contributed by atoms with Crippen molar-refractivity contribution < 1.29 is 8.91 Å². The van der Waals surface area contributed by atoms with Gasteiger partial charge in [0, 0.05) is 10.9 Å². The number of benzene rings is 1. The molecule has 0 spiro atoms. The van der Waals surface area contributed by atoms with Crippen LogP contribution in [0.15, 0.2) is 33.7 Å². The SMILES string of the molecule is CCC(c1nc(CSc2ccccc2F)no1)C(C)NC. The van der Waals surface area contributed by atoms with Crippen LogP contribution in [0.2, 0.25) is 0 Å². The van der Waals surface area contributed by atoms with Crippen molar-refractivity contribution in [2.45, 2.75) is 42.9 Å². The minimum Gasteiger partial charge on any atom is -0.339 e. The number of likely N-dealkylation sites (N-methyl/N-ethyl adjacent to an activating group) is 1. The first kappa shape index (κ1) is 16.0. The number of thioether (sulfide) groups is 1. The molecule has 0 radical (unpaired) electrons. The normalized spacial score (nSPS) is 14.1. The second kappa shape index (κ2) is 7.56. The number of aromatic nitrogens is 2. The van der Waals surface area contributed by atoms with E-state index in [1.54, 1.807) is 12.1 Å². The summed E-state index contributed by atoms with van der Waals surface area (Å²) in [6.07, 6.45) is 0.921. The number of hydrogen-bond donors (Lipinski definition) is 1. The fourth-order valence-electron chi connectivity index (χ4n) is 2.12. The van der Waals surface area contributed by atoms with Crippen molar-refractivity contribution in [3.63, 3.8) is 0 Å². The van der Waals surface area contributed by atoms with E-state index in [0.717, 1.165) is 6.42 Å². The van der Waals surface area contributed by atoms with Gasteiger partial charge in [-0.2, -0.15) is 4.98 Å². The molecule has 0 aliphatic heterocycles. The van der Waals surface area contributed by atoms with Crippen molar-refractivity contribution >= 4 is 11.8 Å². The van der Waals surface area contributed by atoms with Crippen molar-refractivity contribution in [1.82, 2.24) is 15.5 Å². The first-order chi connectivity index (χ1) is 10.2. The van der Waals surface area contributed by atoms with E-state index < -0.39 is 0 Å². The lowest BCUT2D eigenvalue weighted by atomic mass is 9.98. The van der Waals surface area contributed by atoms with Crippen LogP contribution in [0.3, 0.4) is 0 Å². The third-order valence-electron chi connectivity index (χ3n) is 3.49. The monoisotopic (exact) mass is 309 g/mol. The average Bonchev–Trinajstić information content (AvgIpc) is 2.95. The van der Waals surface area contributed by atoms with Crippen LogP contribution in [0.1, 0.15) is 37.9 Å². The van der Waals surface area contributed by atoms with Gasteiger partial charge in [0.1, 0.15) is 5.82 Å². The van der Waals surface area contributed by atoms with E-state index in [-0.39, 0.29) is 17.8 Å². The predicted octanol–water partition coefficient (Wildman–Crippen LogP) is 3.60. The quantitative estimate of drug-likeness (QED) is 0.792. The number of rotatable bonds is 7. The Hall–Kier alpha value is -1.40. The highest BCUT2D eigenvalue weighted by Gasteiger charge is 2.22. The molecule has 0 amide bonds. The fraction of sp³-hybridized carbons (Fsp3) is 0.467. The third-order valence-corrected chi connectivity index (χ3v) is 4.54. The third kappa shape index (κ3) is 4.04. The maximum absolute atomic E-state index is 13.5. The highest BCUT2D eigenvalue weighted by Crippen LogP contribution is 2.26. The van der Waals surface area contributed by atoms with Crippen LogP contribution in [0.5, 0.6) is 0 Å². The zero-order valence-electron chi connectivity index (χ0n) is 12.5. The smallest absolute Gasteiger partial charge is 0.231 e. The van der Waals surface area contributed by atoms with Crippen molar-refractivity contribution in [3.8, 4) is 0 Å². The van der Waals surface area contributed by atoms with Gasteiger partial charge in [-0.05, 0) is 32.5 Å². The van der Waals surface area contributed by atoms with E-state index in [9.17, 15) is 4.39 Å². The summed E-state index contributed by atoms with van der Waals surface area (Å²) in [6, 6.07) is 6.96. The lowest BCUT2D eigenvalue weighted by Gasteiger charge is -2.17. The maximum Gasteiger partial charge on any atom is 0.231 e. The zero-order valence-corrected chi connectivity index (χ0v) is 13.3. The highest BCUT2D eigenvalue weighted by atomic mass is 32.2. The number of nitrogens with one attached hydrogen (secondary N) is 1. The summed E-state index contributed by atoms with van der Waals surface area (Å²) in [7, 11) is 1.92. The van der Waals surface area contributed by atoms with Gasteiger partial charge in [-0.1, -0.05) is 24.2 Å². The molecule has 0 aliphatic rings. The first-order valence-corrected chi connectivity index (χ1v) is 8.01. The Morgan fingerprint density at radius 1 is 1.38 bits per heavy atom. The van der Waals surface area contributed by atoms with Crippen LogP contribution < -0.4 is 5.32 Å². The first-order valence-electron chi connectivity index (χ1n) is 7.02. The largest absolute Gasteiger partial charge is 0.339 e. The molecule has 0 saturated heterocycles. The van der Waals surface area contributed by atoms with Gasteiger partial charge in [0.25, 0.3) is 0 Å². The van der Waals surface area contributed by atoms with Crippen molar-refractivity contribution in [2.24, 2.45) is 0 Å². The van der Waals surface area contributed by atoms with E-state index >= 15 is 0 Å². The van der Waals surface area contributed by atoms with Gasteiger partial charge in [-0.15, -0.1) is 11.8 Å². The molecule has 2 atom stereocenters. The molecule has 114 valence electrons. The van der Waals surface area contributed by atoms with Crippen LogP contribution in [-0.2, 0) is 5.75 Å². The molecule has 2 unspecified atom stereocenters. The van der Waals surface area contributed by atoms with Gasteiger partial charge in [-0.25, -0.2) is 4.39 Å². The Morgan fingerprint density at radius 3 is 2.81 bits per heavy atom. The topological polar surface area (TPSA) is 51.0 Å². The van der Waals surface area contributed by atoms with Crippen LogP contribution in [-0.4, -0.2) is 23.2 Å². The Kier molecular flexibility index (Phi) is 5.76. The van der Waals surface area contributed by atoms with Crippen molar-refractivity contribution in [2.75, 3.05) is 7.05 Å². The van der Waals surface area contributed by atoms with Crippen LogP contribution in [0, 0.1) is 5.82 Å². The molecule has 1 aromatic heterocycles. The molecule has 21 heavy (non-hydrogen) atoms. The highest BCUT2D eigenvalue weighted by molar-refractivity contribution is 7.98. The Morgan fingerprint density at radius 2 is 2.14 bits per heavy atom. The van der Waals surface area contributed by atoms with E-state index in [0.29, 0.717) is 22.4 Å². The molecule has 4 nitrogen and oxygen atoms in total. The molecular formula is C15H20FN3OS. The lowest BCUT2D eigenvalue weighted by Crippen LogP contribution is -2.28. The van der Waals surface area contributed by atoms with Crippen LogP contribution in [0.4, 0.5) is 4.39 Å². The minimum absolute atomic E-state index is 0.190. The Labute approximate surface area is 128 Å². The minimum atomic E-state index is -0.221. The summed E-state index contributed by atoms with van der Waals surface area (Å²) in [4.78, 5) is 5.03. The second-order valence-corrected chi connectivity index (χ2v) is 5.88. The zero-order chi connectivity index (χ0) is 15.2. The van der Waals surface area contributed by atoms with Crippen LogP contribution >= 0.6 is 11.8 Å². The predicted molar refractivity (Wildman–Crippen MR) is 81.8 cm³/mol. The summed E-state index contributed by atoms with van der Waals surface area (Å²) in [5.74, 6) is 1.70. The molecule has 0 bridgehead atoms. The maximum atomic E-state index is 13.5. The molecule has 2 rings (SSSR count). The van der Waals surface area contributed by atoms with E-state index in [1.165, 1.54) is 17.8 Å². The summed E-state index contributed by atoms with van der Waals surface area (Å²) >= 11 is 1.37. The van der Waals surface area contributed by atoms with Gasteiger partial charge < -0.3 is 9.84 Å². The second-order valence-electron chi connectivity index (χ2n) is 4.86. The number of hydrogen-bond acceptors (Lipinski definition) is 5. The summed E-state index contributed by atoms with van der Waals surface area (Å²) in [5.41, 5.74) is 0. The van der Waals surface area contributed by atoms with Gasteiger partial charge in [0.05, 0.1) is 11.7 Å². The van der Waals surface area contributed by atoms with E-state index in [1.807, 2.05) is 13.1 Å². The number of halogens is 1. The van der Waals surface area contributed by atoms with Crippen LogP contribution in [0.25, 0.3) is 0 Å². The summed E-state index contributed by atoms with van der Waals surface area (Å²) in [5, 5.41) is 7.20. The molecule has 1 heterocycles.